The van der Waals surface area contributed by atoms with Crippen molar-refractivity contribution < 1.29 is 13.9 Å². The number of rotatable bonds is 5. The summed E-state index contributed by atoms with van der Waals surface area (Å²) < 4.78 is 10.9. The summed E-state index contributed by atoms with van der Waals surface area (Å²) in [6.45, 7) is 4.45. The van der Waals surface area contributed by atoms with Crippen LogP contribution in [0.3, 0.4) is 0 Å². The Bertz CT molecular complexity index is 560. The molecule has 0 aliphatic rings. The summed E-state index contributed by atoms with van der Waals surface area (Å²) in [5.41, 5.74) is 0.648. The van der Waals surface area contributed by atoms with E-state index in [9.17, 15) is 4.79 Å². The summed E-state index contributed by atoms with van der Waals surface area (Å²) in [6.07, 6.45) is 0.916. The van der Waals surface area contributed by atoms with Crippen LogP contribution in [-0.4, -0.2) is 12.5 Å². The number of ether oxygens (including phenoxy) is 1. The Morgan fingerprint density at radius 2 is 2.05 bits per heavy atom. The van der Waals surface area contributed by atoms with Gasteiger partial charge in [0.1, 0.15) is 11.5 Å². The first-order valence-electron chi connectivity index (χ1n) is 6.30. The Hall–Kier alpha value is -2.23. The van der Waals surface area contributed by atoms with Gasteiger partial charge in [0.25, 0.3) is 5.91 Å². The molecule has 0 spiro atoms. The number of hydrogen-bond donors (Lipinski definition) is 1. The second kappa shape index (κ2) is 6.09. The highest BCUT2D eigenvalue weighted by molar-refractivity contribution is 6.03. The first-order valence-corrected chi connectivity index (χ1v) is 6.30. The molecular formula is C15H17NO3. The zero-order chi connectivity index (χ0) is 13.7. The van der Waals surface area contributed by atoms with Gasteiger partial charge in [-0.25, -0.2) is 0 Å². The molecule has 0 fully saturated rings. The molecule has 0 unspecified atom stereocenters. The van der Waals surface area contributed by atoms with Crippen molar-refractivity contribution in [2.24, 2.45) is 0 Å². The molecule has 0 saturated carbocycles. The third-order valence-corrected chi connectivity index (χ3v) is 2.56. The van der Waals surface area contributed by atoms with Gasteiger partial charge in [0.15, 0.2) is 5.76 Å². The van der Waals surface area contributed by atoms with Crippen molar-refractivity contribution in [1.82, 2.24) is 0 Å². The molecule has 2 rings (SSSR count). The standard InChI is InChI=1S/C15H17NO3/c1-3-10-18-13-7-5-4-6-12(13)16-15(17)14-9-8-11(2)19-14/h4-9H,3,10H2,1-2H3,(H,16,17). The van der Waals surface area contributed by atoms with Crippen molar-refractivity contribution in [3.8, 4) is 5.75 Å². The molecule has 1 aromatic heterocycles. The summed E-state index contributed by atoms with van der Waals surface area (Å²) in [5, 5.41) is 2.79. The largest absolute Gasteiger partial charge is 0.491 e. The van der Waals surface area contributed by atoms with Gasteiger partial charge < -0.3 is 14.5 Å². The van der Waals surface area contributed by atoms with Gasteiger partial charge >= 0.3 is 0 Å². The fourth-order valence-corrected chi connectivity index (χ4v) is 1.65. The fraction of sp³-hybridized carbons (Fsp3) is 0.267. The number of amides is 1. The van der Waals surface area contributed by atoms with Crippen molar-refractivity contribution in [3.05, 3.63) is 47.9 Å². The van der Waals surface area contributed by atoms with Crippen LogP contribution >= 0.6 is 0 Å². The molecule has 1 heterocycles. The van der Waals surface area contributed by atoms with Crippen LogP contribution in [0.25, 0.3) is 0 Å². The number of hydrogen-bond acceptors (Lipinski definition) is 3. The van der Waals surface area contributed by atoms with Gasteiger partial charge in [0.05, 0.1) is 12.3 Å². The van der Waals surface area contributed by atoms with Crippen LogP contribution in [0.2, 0.25) is 0 Å². The minimum Gasteiger partial charge on any atom is -0.491 e. The Labute approximate surface area is 112 Å². The minimum absolute atomic E-state index is 0.277. The maximum atomic E-state index is 12.0. The van der Waals surface area contributed by atoms with E-state index in [0.29, 0.717) is 29.6 Å². The number of benzene rings is 1. The van der Waals surface area contributed by atoms with Crippen LogP contribution in [0.1, 0.15) is 29.7 Å². The lowest BCUT2D eigenvalue weighted by molar-refractivity contribution is 0.0995. The van der Waals surface area contributed by atoms with Gasteiger partial charge in [-0.15, -0.1) is 0 Å². The lowest BCUT2D eigenvalue weighted by Crippen LogP contribution is -2.12. The number of para-hydroxylation sites is 2. The maximum absolute atomic E-state index is 12.0. The number of nitrogens with one attached hydrogen (secondary N) is 1. The molecule has 0 atom stereocenters. The van der Waals surface area contributed by atoms with E-state index in [0.717, 1.165) is 6.42 Å². The fourth-order valence-electron chi connectivity index (χ4n) is 1.65. The minimum atomic E-state index is -0.277. The molecule has 4 heteroatoms. The van der Waals surface area contributed by atoms with Gasteiger partial charge in [-0.3, -0.25) is 4.79 Å². The highest BCUT2D eigenvalue weighted by atomic mass is 16.5. The van der Waals surface area contributed by atoms with E-state index in [1.54, 1.807) is 25.1 Å². The summed E-state index contributed by atoms with van der Waals surface area (Å²) in [6, 6.07) is 10.8. The van der Waals surface area contributed by atoms with Crippen LogP contribution in [0.15, 0.2) is 40.8 Å². The predicted octanol–water partition coefficient (Wildman–Crippen LogP) is 3.63. The molecule has 0 saturated heterocycles. The number of carbonyl (C=O) groups excluding carboxylic acids is 1. The van der Waals surface area contributed by atoms with Gasteiger partial charge in [-0.05, 0) is 37.6 Å². The predicted molar refractivity (Wildman–Crippen MR) is 73.6 cm³/mol. The summed E-state index contributed by atoms with van der Waals surface area (Å²) in [7, 11) is 0. The van der Waals surface area contributed by atoms with E-state index >= 15 is 0 Å². The van der Waals surface area contributed by atoms with Crippen molar-refractivity contribution in [3.63, 3.8) is 0 Å². The SMILES string of the molecule is CCCOc1ccccc1NC(=O)c1ccc(C)o1. The first kappa shape index (κ1) is 13.2. The third-order valence-electron chi connectivity index (χ3n) is 2.56. The number of aryl methyl sites for hydroxylation is 1. The van der Waals surface area contributed by atoms with Crippen LogP contribution in [0, 0.1) is 6.92 Å². The number of anilines is 1. The van der Waals surface area contributed by atoms with Gasteiger partial charge in [0.2, 0.25) is 0 Å². The van der Waals surface area contributed by atoms with Crippen molar-refractivity contribution in [2.45, 2.75) is 20.3 Å². The molecule has 0 aliphatic carbocycles. The van der Waals surface area contributed by atoms with Crippen molar-refractivity contribution in [1.29, 1.82) is 0 Å². The van der Waals surface area contributed by atoms with E-state index in [4.69, 9.17) is 9.15 Å². The van der Waals surface area contributed by atoms with E-state index in [1.165, 1.54) is 0 Å². The van der Waals surface area contributed by atoms with Gasteiger partial charge in [-0.2, -0.15) is 0 Å². The van der Waals surface area contributed by atoms with Crippen molar-refractivity contribution >= 4 is 11.6 Å². The summed E-state index contributed by atoms with van der Waals surface area (Å²) in [4.78, 5) is 12.0. The molecule has 0 radical (unpaired) electrons. The highest BCUT2D eigenvalue weighted by Crippen LogP contribution is 2.24. The maximum Gasteiger partial charge on any atom is 0.291 e. The van der Waals surface area contributed by atoms with E-state index in [-0.39, 0.29) is 5.91 Å². The summed E-state index contributed by atoms with van der Waals surface area (Å²) in [5.74, 6) is 1.39. The molecule has 1 N–H and O–H groups in total. The molecule has 1 amide bonds. The molecule has 0 bridgehead atoms. The molecule has 0 aliphatic heterocycles. The molecule has 4 nitrogen and oxygen atoms in total. The molecule has 100 valence electrons. The average molecular weight is 259 g/mol. The number of furan rings is 1. The lowest BCUT2D eigenvalue weighted by Gasteiger charge is -2.11. The zero-order valence-corrected chi connectivity index (χ0v) is 11.1. The molecule has 19 heavy (non-hydrogen) atoms. The Morgan fingerprint density at radius 1 is 1.26 bits per heavy atom. The van der Waals surface area contributed by atoms with Gasteiger partial charge in [-0.1, -0.05) is 19.1 Å². The highest BCUT2D eigenvalue weighted by Gasteiger charge is 2.12. The van der Waals surface area contributed by atoms with E-state index in [2.05, 4.69) is 5.32 Å². The van der Waals surface area contributed by atoms with Crippen LogP contribution < -0.4 is 10.1 Å². The second-order valence-electron chi connectivity index (χ2n) is 4.21. The second-order valence-corrected chi connectivity index (χ2v) is 4.21. The van der Waals surface area contributed by atoms with Crippen LogP contribution in [0.5, 0.6) is 5.75 Å². The van der Waals surface area contributed by atoms with E-state index < -0.39 is 0 Å². The molecular weight excluding hydrogens is 242 g/mol. The summed E-state index contributed by atoms with van der Waals surface area (Å²) >= 11 is 0. The van der Waals surface area contributed by atoms with E-state index in [1.807, 2.05) is 25.1 Å². The monoisotopic (exact) mass is 259 g/mol. The average Bonchev–Trinajstić information content (AvgIpc) is 2.84. The topological polar surface area (TPSA) is 51.5 Å². The smallest absolute Gasteiger partial charge is 0.291 e. The third kappa shape index (κ3) is 3.37. The van der Waals surface area contributed by atoms with Crippen LogP contribution in [0.4, 0.5) is 5.69 Å². The lowest BCUT2D eigenvalue weighted by atomic mass is 10.3. The zero-order valence-electron chi connectivity index (χ0n) is 11.1. The Kier molecular flexibility index (Phi) is 4.23. The quantitative estimate of drug-likeness (QED) is 0.892. The Balaban J connectivity index is 2.12. The molecule has 1 aromatic carbocycles. The molecule has 2 aromatic rings. The number of carbonyl (C=O) groups is 1. The van der Waals surface area contributed by atoms with Crippen molar-refractivity contribution in [2.75, 3.05) is 11.9 Å². The first-order chi connectivity index (χ1) is 9.20. The Morgan fingerprint density at radius 3 is 2.74 bits per heavy atom. The van der Waals surface area contributed by atoms with Crippen LogP contribution in [-0.2, 0) is 0 Å². The van der Waals surface area contributed by atoms with Gasteiger partial charge in [0, 0.05) is 0 Å². The normalized spacial score (nSPS) is 10.2.